The van der Waals surface area contributed by atoms with Crippen molar-refractivity contribution in [1.82, 2.24) is 10.2 Å². The van der Waals surface area contributed by atoms with Gasteiger partial charge in [-0.3, -0.25) is 0 Å². The lowest BCUT2D eigenvalue weighted by Gasteiger charge is -2.35. The number of nitrogens with one attached hydrogen (secondary N) is 1. The van der Waals surface area contributed by atoms with E-state index in [1.807, 2.05) is 0 Å². The van der Waals surface area contributed by atoms with Crippen molar-refractivity contribution in [3.8, 4) is 11.3 Å². The van der Waals surface area contributed by atoms with Crippen LogP contribution < -0.4 is 5.32 Å². The predicted molar refractivity (Wildman–Crippen MR) is 103 cm³/mol. The number of aliphatic hydroxyl groups is 1. The topological polar surface area (TPSA) is 67.3 Å². The Kier molecular flexibility index (Phi) is 3.96. The Morgan fingerprint density at radius 3 is 2.47 bits per heavy atom. The molecule has 0 spiro atoms. The third-order valence-electron chi connectivity index (χ3n) is 7.02. The fraction of sp³-hybridized carbons (Fsp3) is 0.545. The average molecular weight is 417 g/mol. The van der Waals surface area contributed by atoms with E-state index in [2.05, 4.69) is 15.5 Å². The van der Waals surface area contributed by atoms with E-state index in [0.717, 1.165) is 48.9 Å². The number of anilines is 1. The van der Waals surface area contributed by atoms with E-state index in [1.54, 1.807) is 0 Å². The Labute approximate surface area is 171 Å². The lowest BCUT2D eigenvalue weighted by atomic mass is 9.88. The monoisotopic (exact) mass is 417 g/mol. The van der Waals surface area contributed by atoms with Crippen molar-refractivity contribution in [3.63, 3.8) is 0 Å². The third-order valence-corrected chi connectivity index (χ3v) is 7.02. The van der Waals surface area contributed by atoms with Gasteiger partial charge in [-0.15, -0.1) is 10.2 Å². The highest BCUT2D eigenvalue weighted by Crippen LogP contribution is 2.51. The first-order valence-electron chi connectivity index (χ1n) is 10.6. The van der Waals surface area contributed by atoms with Crippen molar-refractivity contribution in [1.29, 1.82) is 0 Å². The molecule has 3 heterocycles. The van der Waals surface area contributed by atoms with Crippen molar-refractivity contribution >= 4 is 5.82 Å². The highest BCUT2D eigenvalue weighted by Gasteiger charge is 2.46. The molecule has 5 nitrogen and oxygen atoms in total. The Morgan fingerprint density at radius 2 is 1.83 bits per heavy atom. The van der Waals surface area contributed by atoms with Crippen LogP contribution >= 0.6 is 0 Å². The molecule has 2 saturated carbocycles. The summed E-state index contributed by atoms with van der Waals surface area (Å²) in [6.07, 6.45) is 3.61. The first-order valence-corrected chi connectivity index (χ1v) is 10.6. The van der Waals surface area contributed by atoms with Crippen molar-refractivity contribution in [2.24, 2.45) is 0 Å². The van der Waals surface area contributed by atoms with E-state index in [9.17, 15) is 9.50 Å². The van der Waals surface area contributed by atoms with E-state index in [1.165, 1.54) is 0 Å². The second kappa shape index (κ2) is 6.40. The van der Waals surface area contributed by atoms with Crippen LogP contribution in [0, 0.1) is 11.6 Å². The van der Waals surface area contributed by atoms with Crippen molar-refractivity contribution < 1.29 is 23.0 Å². The van der Waals surface area contributed by atoms with Gasteiger partial charge in [-0.1, -0.05) is 0 Å². The summed E-state index contributed by atoms with van der Waals surface area (Å²) in [6.45, 7) is 0. The summed E-state index contributed by atoms with van der Waals surface area (Å²) in [7, 11) is 0. The van der Waals surface area contributed by atoms with Gasteiger partial charge in [-0.25, -0.2) is 13.2 Å². The van der Waals surface area contributed by atoms with Crippen molar-refractivity contribution in [3.05, 3.63) is 40.5 Å². The SMILES string of the molecule is O[C@@H]1CCC1Nc1nnc(-c2c(F)cc(C3(F)CC3)cc2F)c2c1[C@H]1CC[C@@H](C2)O1. The minimum absolute atomic E-state index is 0.0152. The predicted octanol–water partition coefficient (Wildman–Crippen LogP) is 4.09. The molecule has 4 atom stereocenters. The molecule has 2 N–H and O–H groups in total. The van der Waals surface area contributed by atoms with Crippen LogP contribution in [0.25, 0.3) is 11.3 Å². The number of aliphatic hydroxyl groups excluding tert-OH is 1. The number of rotatable bonds is 4. The van der Waals surface area contributed by atoms with E-state index in [4.69, 9.17) is 4.74 Å². The largest absolute Gasteiger partial charge is 0.391 e. The number of ether oxygens (including phenoxy) is 1. The maximum absolute atomic E-state index is 15.0. The van der Waals surface area contributed by atoms with Gasteiger partial charge in [0.05, 0.1) is 29.9 Å². The van der Waals surface area contributed by atoms with Gasteiger partial charge < -0.3 is 15.2 Å². The Bertz CT molecular complexity index is 1020. The second-order valence-corrected chi connectivity index (χ2v) is 8.99. The lowest BCUT2D eigenvalue weighted by molar-refractivity contribution is 0.0322. The minimum Gasteiger partial charge on any atom is -0.391 e. The lowest BCUT2D eigenvalue weighted by Crippen LogP contribution is -2.43. The summed E-state index contributed by atoms with van der Waals surface area (Å²) in [5.74, 6) is -1.13. The Morgan fingerprint density at radius 1 is 1.07 bits per heavy atom. The number of nitrogens with zero attached hydrogens (tertiary/aromatic N) is 2. The van der Waals surface area contributed by atoms with E-state index in [-0.39, 0.29) is 47.9 Å². The number of hydrogen-bond donors (Lipinski definition) is 2. The number of halogens is 3. The molecule has 30 heavy (non-hydrogen) atoms. The Balaban J connectivity index is 1.47. The van der Waals surface area contributed by atoms with Gasteiger partial charge >= 0.3 is 0 Å². The van der Waals surface area contributed by atoms with Gasteiger partial charge in [-0.05, 0) is 61.8 Å². The smallest absolute Gasteiger partial charge is 0.155 e. The van der Waals surface area contributed by atoms with Gasteiger partial charge in [0.25, 0.3) is 0 Å². The number of alkyl halides is 1. The molecule has 2 aliphatic carbocycles. The molecular weight excluding hydrogens is 395 g/mol. The average Bonchev–Trinajstić information content (AvgIpc) is 3.37. The first-order chi connectivity index (χ1) is 14.4. The van der Waals surface area contributed by atoms with Crippen LogP contribution in [0.1, 0.15) is 61.3 Å². The molecule has 0 amide bonds. The molecule has 6 rings (SSSR count). The summed E-state index contributed by atoms with van der Waals surface area (Å²) < 4.78 is 50.4. The number of benzene rings is 1. The molecule has 3 fully saturated rings. The molecule has 0 radical (unpaired) electrons. The molecule has 1 aromatic heterocycles. The highest BCUT2D eigenvalue weighted by atomic mass is 19.1. The summed E-state index contributed by atoms with van der Waals surface area (Å²) in [4.78, 5) is 0. The zero-order valence-electron chi connectivity index (χ0n) is 16.3. The minimum atomic E-state index is -1.62. The second-order valence-electron chi connectivity index (χ2n) is 8.99. The van der Waals surface area contributed by atoms with Gasteiger partial charge in [0.1, 0.15) is 23.0 Å². The van der Waals surface area contributed by atoms with Crippen LogP contribution in [-0.4, -0.2) is 33.6 Å². The van der Waals surface area contributed by atoms with Gasteiger partial charge in [-0.2, -0.15) is 0 Å². The molecule has 2 bridgehead atoms. The van der Waals surface area contributed by atoms with Crippen LogP contribution in [0.15, 0.2) is 12.1 Å². The fourth-order valence-electron chi connectivity index (χ4n) is 4.92. The zero-order valence-corrected chi connectivity index (χ0v) is 16.3. The maximum atomic E-state index is 15.0. The normalized spacial score (nSPS) is 30.5. The quantitative estimate of drug-likeness (QED) is 0.784. The van der Waals surface area contributed by atoms with E-state index >= 15 is 8.78 Å². The highest BCUT2D eigenvalue weighted by molar-refractivity contribution is 5.70. The molecule has 158 valence electrons. The number of aromatic nitrogens is 2. The molecule has 2 aromatic rings. The van der Waals surface area contributed by atoms with E-state index in [0.29, 0.717) is 12.2 Å². The van der Waals surface area contributed by atoms with Crippen molar-refractivity contribution in [2.45, 2.75) is 75.0 Å². The summed E-state index contributed by atoms with van der Waals surface area (Å²) in [5.41, 5.74) is -0.163. The Hall–Kier alpha value is -2.19. The van der Waals surface area contributed by atoms with Crippen LogP contribution in [-0.2, 0) is 16.8 Å². The number of fused-ring (bicyclic) bond motifs is 4. The standard InChI is InChI=1S/C22H22F3N3O2/c23-13-7-10(22(25)5-6-22)8-14(24)19(13)20-12-9-11-1-4-17(30-11)18(12)21(28-27-20)26-15-2-3-16(15)29/h7-8,11,15-17,29H,1-6,9H2,(H,26,28)/t11-,15?,16+,17+/m0/s1. The molecule has 8 heteroatoms. The van der Waals surface area contributed by atoms with Crippen molar-refractivity contribution in [2.75, 3.05) is 5.32 Å². The van der Waals surface area contributed by atoms with Gasteiger partial charge in [0.2, 0.25) is 0 Å². The summed E-state index contributed by atoms with van der Waals surface area (Å²) in [5, 5.41) is 21.6. The molecule has 1 saturated heterocycles. The summed E-state index contributed by atoms with van der Waals surface area (Å²) in [6, 6.07) is 2.06. The van der Waals surface area contributed by atoms with Gasteiger partial charge in [0, 0.05) is 12.0 Å². The number of hydrogen-bond acceptors (Lipinski definition) is 5. The molecule has 2 aliphatic heterocycles. The van der Waals surface area contributed by atoms with Gasteiger partial charge in [0.15, 0.2) is 5.82 Å². The van der Waals surface area contributed by atoms with Crippen LogP contribution in [0.2, 0.25) is 0 Å². The van der Waals surface area contributed by atoms with E-state index < -0.39 is 23.4 Å². The van der Waals surface area contributed by atoms with Crippen LogP contribution in [0.3, 0.4) is 0 Å². The summed E-state index contributed by atoms with van der Waals surface area (Å²) >= 11 is 0. The molecule has 1 unspecified atom stereocenters. The first kappa shape index (κ1) is 18.6. The zero-order chi connectivity index (χ0) is 20.6. The molecule has 4 aliphatic rings. The van der Waals surface area contributed by atoms with Crippen LogP contribution in [0.4, 0.5) is 19.0 Å². The fourth-order valence-corrected chi connectivity index (χ4v) is 4.92. The maximum Gasteiger partial charge on any atom is 0.155 e. The molecular formula is C22H22F3N3O2. The third kappa shape index (κ3) is 2.76. The molecule has 1 aromatic carbocycles. The van der Waals surface area contributed by atoms with Crippen LogP contribution in [0.5, 0.6) is 0 Å².